The van der Waals surface area contributed by atoms with Gasteiger partial charge in [-0.25, -0.2) is 4.98 Å². The lowest BCUT2D eigenvalue weighted by Gasteiger charge is -2.13. The summed E-state index contributed by atoms with van der Waals surface area (Å²) in [5.74, 6) is 1.40. The Kier molecular flexibility index (Phi) is 4.47. The van der Waals surface area contributed by atoms with Gasteiger partial charge in [-0.05, 0) is 25.1 Å². The van der Waals surface area contributed by atoms with Gasteiger partial charge in [-0.15, -0.1) is 0 Å². The molecule has 0 aliphatic carbocycles. The topological polar surface area (TPSA) is 82.3 Å². The zero-order chi connectivity index (χ0) is 14.5. The molecule has 0 fully saturated rings. The number of nitrogens with one attached hydrogen (secondary N) is 1. The Morgan fingerprint density at radius 1 is 1.35 bits per heavy atom. The summed E-state index contributed by atoms with van der Waals surface area (Å²) < 4.78 is 10.6. The summed E-state index contributed by atoms with van der Waals surface area (Å²) in [7, 11) is 1.57. The summed E-state index contributed by atoms with van der Waals surface area (Å²) in [4.78, 5) is 8.07. The van der Waals surface area contributed by atoms with Gasteiger partial charge in [0.05, 0.1) is 19.4 Å². The number of halogens is 1. The van der Waals surface area contributed by atoms with Gasteiger partial charge in [-0.3, -0.25) is 0 Å². The maximum Gasteiger partial charge on any atom is 0.242 e. The zero-order valence-electron chi connectivity index (χ0n) is 11.2. The van der Waals surface area contributed by atoms with Gasteiger partial charge in [-0.1, -0.05) is 11.6 Å². The van der Waals surface area contributed by atoms with E-state index in [9.17, 15) is 0 Å². The Labute approximate surface area is 121 Å². The molecule has 0 saturated heterocycles. The second-order valence-corrected chi connectivity index (χ2v) is 4.28. The van der Waals surface area contributed by atoms with E-state index >= 15 is 0 Å². The molecule has 6 nitrogen and oxygen atoms in total. The Morgan fingerprint density at radius 2 is 2.15 bits per heavy atom. The van der Waals surface area contributed by atoms with E-state index in [-0.39, 0.29) is 0 Å². The van der Waals surface area contributed by atoms with Crippen molar-refractivity contribution in [1.29, 1.82) is 0 Å². The second-order valence-electron chi connectivity index (χ2n) is 3.84. The maximum atomic E-state index is 5.98. The van der Waals surface area contributed by atoms with E-state index in [2.05, 4.69) is 15.3 Å². The molecule has 1 heterocycles. The Hall–Kier alpha value is -2.21. The quantitative estimate of drug-likeness (QED) is 0.882. The van der Waals surface area contributed by atoms with Crippen LogP contribution in [0.5, 0.6) is 11.6 Å². The molecular weight excluding hydrogens is 280 g/mol. The number of benzene rings is 1. The van der Waals surface area contributed by atoms with Crippen LogP contribution in [0.2, 0.25) is 5.02 Å². The molecule has 0 aliphatic rings. The van der Waals surface area contributed by atoms with Gasteiger partial charge in [-0.2, -0.15) is 4.98 Å². The SMILES string of the molecule is CCOc1ncnc(Nc2cc(Cl)ccc2OC)c1N. The van der Waals surface area contributed by atoms with Crippen molar-refractivity contribution in [2.45, 2.75) is 6.92 Å². The van der Waals surface area contributed by atoms with Crippen LogP contribution in [-0.2, 0) is 0 Å². The number of ether oxygens (including phenoxy) is 2. The smallest absolute Gasteiger partial charge is 0.242 e. The Morgan fingerprint density at radius 3 is 2.85 bits per heavy atom. The van der Waals surface area contributed by atoms with Crippen LogP contribution in [-0.4, -0.2) is 23.7 Å². The molecule has 0 saturated carbocycles. The fourth-order valence-electron chi connectivity index (χ4n) is 1.64. The highest BCUT2D eigenvalue weighted by Gasteiger charge is 2.11. The zero-order valence-corrected chi connectivity index (χ0v) is 11.9. The lowest BCUT2D eigenvalue weighted by atomic mass is 10.3. The molecule has 0 amide bonds. The van der Waals surface area contributed by atoms with E-state index in [4.69, 9.17) is 26.8 Å². The average Bonchev–Trinajstić information content (AvgIpc) is 2.44. The van der Waals surface area contributed by atoms with Crippen LogP contribution < -0.4 is 20.5 Å². The third-order valence-electron chi connectivity index (χ3n) is 2.54. The van der Waals surface area contributed by atoms with Crippen LogP contribution in [0, 0.1) is 0 Å². The van der Waals surface area contributed by atoms with Crippen LogP contribution in [0.1, 0.15) is 6.92 Å². The van der Waals surface area contributed by atoms with Gasteiger partial charge in [0.2, 0.25) is 5.88 Å². The van der Waals surface area contributed by atoms with Crippen molar-refractivity contribution in [1.82, 2.24) is 9.97 Å². The third-order valence-corrected chi connectivity index (χ3v) is 2.78. The summed E-state index contributed by atoms with van der Waals surface area (Å²) in [5, 5.41) is 3.64. The highest BCUT2D eigenvalue weighted by atomic mass is 35.5. The first kappa shape index (κ1) is 14.2. The minimum Gasteiger partial charge on any atom is -0.495 e. The van der Waals surface area contributed by atoms with E-state index < -0.39 is 0 Å². The lowest BCUT2D eigenvalue weighted by molar-refractivity contribution is 0.328. The fraction of sp³-hybridized carbons (Fsp3) is 0.231. The number of methoxy groups -OCH3 is 1. The van der Waals surface area contributed by atoms with E-state index in [1.165, 1.54) is 6.33 Å². The van der Waals surface area contributed by atoms with Crippen molar-refractivity contribution in [3.8, 4) is 11.6 Å². The number of nitrogen functional groups attached to an aromatic ring is 1. The second kappa shape index (κ2) is 6.29. The maximum absolute atomic E-state index is 5.98. The predicted octanol–water partition coefficient (Wildman–Crippen LogP) is 2.86. The van der Waals surface area contributed by atoms with Gasteiger partial charge in [0.15, 0.2) is 5.82 Å². The lowest BCUT2D eigenvalue weighted by Crippen LogP contribution is -2.05. The van der Waals surface area contributed by atoms with Gasteiger partial charge < -0.3 is 20.5 Å². The molecule has 0 bridgehead atoms. The molecule has 0 atom stereocenters. The predicted molar refractivity (Wildman–Crippen MR) is 78.9 cm³/mol. The van der Waals surface area contributed by atoms with Crippen molar-refractivity contribution in [3.63, 3.8) is 0 Å². The number of anilines is 3. The summed E-state index contributed by atoms with van der Waals surface area (Å²) >= 11 is 5.98. The molecule has 0 radical (unpaired) electrons. The molecule has 2 aromatic rings. The van der Waals surface area contributed by atoms with E-state index in [1.54, 1.807) is 25.3 Å². The minimum absolute atomic E-state index is 0.330. The van der Waals surface area contributed by atoms with Crippen molar-refractivity contribution in [2.75, 3.05) is 24.8 Å². The molecule has 7 heteroatoms. The molecule has 0 spiro atoms. The number of nitrogens with two attached hydrogens (primary N) is 1. The summed E-state index contributed by atoms with van der Waals surface area (Å²) in [6.45, 7) is 2.33. The number of rotatable bonds is 5. The van der Waals surface area contributed by atoms with E-state index in [1.807, 2.05) is 6.92 Å². The summed E-state index contributed by atoms with van der Waals surface area (Å²) in [5.41, 5.74) is 6.95. The number of aromatic nitrogens is 2. The molecule has 0 unspecified atom stereocenters. The Bertz CT molecular complexity index is 607. The Balaban J connectivity index is 2.35. The number of nitrogens with zero attached hydrogens (tertiary/aromatic N) is 2. The molecule has 2 rings (SSSR count). The number of hydrogen-bond donors (Lipinski definition) is 2. The normalized spacial score (nSPS) is 10.2. The molecule has 0 aliphatic heterocycles. The van der Waals surface area contributed by atoms with Gasteiger partial charge in [0.1, 0.15) is 17.8 Å². The van der Waals surface area contributed by atoms with Crippen LogP contribution in [0.4, 0.5) is 17.2 Å². The summed E-state index contributed by atoms with van der Waals surface area (Å²) in [6.07, 6.45) is 1.38. The van der Waals surface area contributed by atoms with Crippen molar-refractivity contribution in [3.05, 3.63) is 29.5 Å². The van der Waals surface area contributed by atoms with Crippen molar-refractivity contribution < 1.29 is 9.47 Å². The van der Waals surface area contributed by atoms with Crippen molar-refractivity contribution in [2.24, 2.45) is 0 Å². The molecule has 3 N–H and O–H groups in total. The van der Waals surface area contributed by atoms with Crippen LogP contribution >= 0.6 is 11.6 Å². The number of hydrogen-bond acceptors (Lipinski definition) is 6. The first-order valence-electron chi connectivity index (χ1n) is 5.99. The molecular formula is C13H15ClN4O2. The highest BCUT2D eigenvalue weighted by Crippen LogP contribution is 2.33. The van der Waals surface area contributed by atoms with Gasteiger partial charge in [0, 0.05) is 5.02 Å². The first-order valence-corrected chi connectivity index (χ1v) is 6.37. The average molecular weight is 295 g/mol. The van der Waals surface area contributed by atoms with Gasteiger partial charge >= 0.3 is 0 Å². The molecule has 1 aromatic carbocycles. The minimum atomic E-state index is 0.330. The standard InChI is InChI=1S/C13H15ClN4O2/c1-3-20-13-11(15)12(16-7-17-13)18-9-6-8(14)4-5-10(9)19-2/h4-7H,3,15H2,1-2H3,(H,16,17,18). The largest absolute Gasteiger partial charge is 0.495 e. The van der Waals surface area contributed by atoms with E-state index in [0.29, 0.717) is 40.5 Å². The highest BCUT2D eigenvalue weighted by molar-refractivity contribution is 6.31. The van der Waals surface area contributed by atoms with Crippen LogP contribution in [0.15, 0.2) is 24.5 Å². The molecule has 20 heavy (non-hydrogen) atoms. The molecule has 106 valence electrons. The van der Waals surface area contributed by atoms with Crippen LogP contribution in [0.3, 0.4) is 0 Å². The fourth-order valence-corrected chi connectivity index (χ4v) is 1.81. The first-order chi connectivity index (χ1) is 9.65. The van der Waals surface area contributed by atoms with Gasteiger partial charge in [0.25, 0.3) is 0 Å². The van der Waals surface area contributed by atoms with Crippen LogP contribution in [0.25, 0.3) is 0 Å². The van der Waals surface area contributed by atoms with E-state index in [0.717, 1.165) is 0 Å². The summed E-state index contributed by atoms with van der Waals surface area (Å²) in [6, 6.07) is 5.22. The van der Waals surface area contributed by atoms with Crippen molar-refractivity contribution >= 4 is 28.8 Å². The monoisotopic (exact) mass is 294 g/mol. The molecule has 1 aromatic heterocycles. The third kappa shape index (κ3) is 3.03.